The van der Waals surface area contributed by atoms with Crippen LogP contribution >= 0.6 is 0 Å². The molecule has 1 amide bonds. The summed E-state index contributed by atoms with van der Waals surface area (Å²) in [6.45, 7) is 6.01. The Hall–Kier alpha value is -3.07. The SMILES string of the molecule is CC[C@H](Oc1ccccc1C)C(=O)N[C@H](c1ccccc1)c1ccc(C)cc1. The third-order valence-electron chi connectivity index (χ3n) is 4.86. The van der Waals surface area contributed by atoms with E-state index in [0.29, 0.717) is 6.42 Å². The summed E-state index contributed by atoms with van der Waals surface area (Å²) in [5.41, 5.74) is 4.31. The van der Waals surface area contributed by atoms with Crippen LogP contribution in [0.15, 0.2) is 78.9 Å². The highest BCUT2D eigenvalue weighted by Crippen LogP contribution is 2.24. The highest BCUT2D eigenvalue weighted by atomic mass is 16.5. The van der Waals surface area contributed by atoms with E-state index in [4.69, 9.17) is 4.74 Å². The van der Waals surface area contributed by atoms with Gasteiger partial charge >= 0.3 is 0 Å². The molecule has 0 aliphatic carbocycles. The number of aryl methyl sites for hydroxylation is 2. The molecule has 2 atom stereocenters. The standard InChI is InChI=1S/C25H27NO2/c1-4-22(28-23-13-9-8-10-19(23)3)25(27)26-24(20-11-6-5-7-12-20)21-16-14-18(2)15-17-21/h5-17,22,24H,4H2,1-3H3,(H,26,27)/t22-,24+/m0/s1. The highest BCUT2D eigenvalue weighted by molar-refractivity contribution is 5.82. The largest absolute Gasteiger partial charge is 0.480 e. The maximum absolute atomic E-state index is 13.1. The summed E-state index contributed by atoms with van der Waals surface area (Å²) in [7, 11) is 0. The van der Waals surface area contributed by atoms with Crippen molar-refractivity contribution in [2.45, 2.75) is 39.3 Å². The third-order valence-corrected chi connectivity index (χ3v) is 4.86. The molecular formula is C25H27NO2. The van der Waals surface area contributed by atoms with E-state index in [0.717, 1.165) is 22.4 Å². The van der Waals surface area contributed by atoms with Crippen molar-refractivity contribution in [2.24, 2.45) is 0 Å². The van der Waals surface area contributed by atoms with Crippen LogP contribution in [0.25, 0.3) is 0 Å². The van der Waals surface area contributed by atoms with Crippen molar-refractivity contribution in [3.8, 4) is 5.75 Å². The molecule has 28 heavy (non-hydrogen) atoms. The molecule has 0 aromatic heterocycles. The Labute approximate surface area is 167 Å². The van der Waals surface area contributed by atoms with E-state index in [1.165, 1.54) is 5.56 Å². The first-order chi connectivity index (χ1) is 13.6. The molecule has 0 heterocycles. The molecule has 0 aliphatic heterocycles. The van der Waals surface area contributed by atoms with Gasteiger partial charge in [0.1, 0.15) is 5.75 Å². The second kappa shape index (κ2) is 9.23. The lowest BCUT2D eigenvalue weighted by atomic mass is 9.97. The molecule has 0 bridgehead atoms. The minimum absolute atomic E-state index is 0.111. The lowest BCUT2D eigenvalue weighted by molar-refractivity contribution is -0.128. The number of carbonyl (C=O) groups is 1. The molecule has 3 rings (SSSR count). The monoisotopic (exact) mass is 373 g/mol. The van der Waals surface area contributed by atoms with Crippen LogP contribution in [-0.2, 0) is 4.79 Å². The minimum Gasteiger partial charge on any atom is -0.480 e. The Morgan fingerprint density at radius 2 is 1.46 bits per heavy atom. The number of nitrogens with one attached hydrogen (secondary N) is 1. The number of rotatable bonds is 7. The van der Waals surface area contributed by atoms with E-state index in [9.17, 15) is 4.79 Å². The van der Waals surface area contributed by atoms with Crippen LogP contribution in [0.2, 0.25) is 0 Å². The molecule has 0 spiro atoms. The van der Waals surface area contributed by atoms with Crippen molar-refractivity contribution in [2.75, 3.05) is 0 Å². The van der Waals surface area contributed by atoms with E-state index in [1.807, 2.05) is 68.4 Å². The topological polar surface area (TPSA) is 38.3 Å². The fraction of sp³-hybridized carbons (Fsp3) is 0.240. The summed E-state index contributed by atoms with van der Waals surface area (Å²) in [5, 5.41) is 3.20. The first-order valence-corrected chi connectivity index (χ1v) is 9.72. The maximum atomic E-state index is 13.1. The van der Waals surface area contributed by atoms with Gasteiger partial charge in [-0.05, 0) is 43.0 Å². The molecule has 3 heteroatoms. The van der Waals surface area contributed by atoms with Crippen LogP contribution in [0.3, 0.4) is 0 Å². The number of para-hydroxylation sites is 1. The van der Waals surface area contributed by atoms with Crippen LogP contribution in [0.1, 0.15) is 41.6 Å². The number of carbonyl (C=O) groups excluding carboxylic acids is 1. The normalized spacial score (nSPS) is 12.8. The van der Waals surface area contributed by atoms with Crippen molar-refractivity contribution >= 4 is 5.91 Å². The molecule has 144 valence electrons. The van der Waals surface area contributed by atoms with Crippen molar-refractivity contribution < 1.29 is 9.53 Å². The number of amides is 1. The Morgan fingerprint density at radius 1 is 0.857 bits per heavy atom. The van der Waals surface area contributed by atoms with E-state index >= 15 is 0 Å². The molecule has 0 aliphatic rings. The predicted molar refractivity (Wildman–Crippen MR) is 113 cm³/mol. The predicted octanol–water partition coefficient (Wildman–Crippen LogP) is 5.37. The average molecular weight is 373 g/mol. The van der Waals surface area contributed by atoms with Crippen LogP contribution in [0, 0.1) is 13.8 Å². The molecule has 0 saturated carbocycles. The molecule has 0 fully saturated rings. The van der Waals surface area contributed by atoms with Gasteiger partial charge in [-0.2, -0.15) is 0 Å². The van der Waals surface area contributed by atoms with Gasteiger partial charge in [-0.15, -0.1) is 0 Å². The Kier molecular flexibility index (Phi) is 6.49. The van der Waals surface area contributed by atoms with Crippen molar-refractivity contribution in [3.63, 3.8) is 0 Å². The number of ether oxygens (including phenoxy) is 1. The molecule has 0 radical (unpaired) electrons. The van der Waals surface area contributed by atoms with Gasteiger partial charge in [0, 0.05) is 0 Å². The van der Waals surface area contributed by atoms with Gasteiger partial charge in [-0.25, -0.2) is 0 Å². The summed E-state index contributed by atoms with van der Waals surface area (Å²) in [6, 6.07) is 25.9. The van der Waals surface area contributed by atoms with Crippen molar-refractivity contribution in [1.29, 1.82) is 0 Å². The van der Waals surface area contributed by atoms with Crippen LogP contribution < -0.4 is 10.1 Å². The van der Waals surface area contributed by atoms with Gasteiger partial charge in [-0.3, -0.25) is 4.79 Å². The quantitative estimate of drug-likeness (QED) is 0.605. The van der Waals surface area contributed by atoms with Gasteiger partial charge in [0.15, 0.2) is 6.10 Å². The van der Waals surface area contributed by atoms with E-state index in [2.05, 4.69) is 36.5 Å². The molecule has 0 saturated heterocycles. The Balaban J connectivity index is 1.83. The molecule has 3 aromatic rings. The summed E-state index contributed by atoms with van der Waals surface area (Å²) < 4.78 is 6.04. The van der Waals surface area contributed by atoms with Crippen LogP contribution in [-0.4, -0.2) is 12.0 Å². The maximum Gasteiger partial charge on any atom is 0.261 e. The first-order valence-electron chi connectivity index (χ1n) is 9.72. The van der Waals surface area contributed by atoms with Gasteiger partial charge in [0.25, 0.3) is 5.91 Å². The Bertz CT molecular complexity index is 903. The van der Waals surface area contributed by atoms with Gasteiger partial charge in [-0.1, -0.05) is 85.3 Å². The number of hydrogen-bond acceptors (Lipinski definition) is 2. The zero-order valence-electron chi connectivity index (χ0n) is 16.7. The van der Waals surface area contributed by atoms with Gasteiger partial charge in [0.2, 0.25) is 0 Å². The zero-order valence-corrected chi connectivity index (χ0v) is 16.7. The summed E-state index contributed by atoms with van der Waals surface area (Å²) in [5.74, 6) is 0.635. The van der Waals surface area contributed by atoms with E-state index < -0.39 is 6.10 Å². The van der Waals surface area contributed by atoms with E-state index in [1.54, 1.807) is 0 Å². The summed E-state index contributed by atoms with van der Waals surface area (Å²) >= 11 is 0. The molecular weight excluding hydrogens is 346 g/mol. The molecule has 1 N–H and O–H groups in total. The lowest BCUT2D eigenvalue weighted by Gasteiger charge is -2.24. The van der Waals surface area contributed by atoms with Crippen molar-refractivity contribution in [1.82, 2.24) is 5.32 Å². The third kappa shape index (κ3) is 4.80. The highest BCUT2D eigenvalue weighted by Gasteiger charge is 2.24. The Morgan fingerprint density at radius 3 is 2.11 bits per heavy atom. The first kappa shape index (κ1) is 19.7. The number of benzene rings is 3. The van der Waals surface area contributed by atoms with E-state index in [-0.39, 0.29) is 11.9 Å². The van der Waals surface area contributed by atoms with Crippen molar-refractivity contribution in [3.05, 3.63) is 101 Å². The van der Waals surface area contributed by atoms with Crippen LogP contribution in [0.4, 0.5) is 0 Å². The molecule has 0 unspecified atom stereocenters. The fourth-order valence-corrected chi connectivity index (χ4v) is 3.16. The average Bonchev–Trinajstić information content (AvgIpc) is 2.72. The zero-order chi connectivity index (χ0) is 19.9. The second-order valence-electron chi connectivity index (χ2n) is 7.04. The minimum atomic E-state index is -0.544. The smallest absolute Gasteiger partial charge is 0.261 e. The molecule has 3 nitrogen and oxygen atoms in total. The summed E-state index contributed by atoms with van der Waals surface area (Å²) in [4.78, 5) is 13.1. The second-order valence-corrected chi connectivity index (χ2v) is 7.04. The molecule has 3 aromatic carbocycles. The summed E-state index contributed by atoms with van der Waals surface area (Å²) in [6.07, 6.45) is 0.0491. The van der Waals surface area contributed by atoms with Gasteiger partial charge < -0.3 is 10.1 Å². The fourth-order valence-electron chi connectivity index (χ4n) is 3.16. The lowest BCUT2D eigenvalue weighted by Crippen LogP contribution is -2.40. The van der Waals surface area contributed by atoms with Crippen LogP contribution in [0.5, 0.6) is 5.75 Å². The van der Waals surface area contributed by atoms with Gasteiger partial charge in [0.05, 0.1) is 6.04 Å². The number of hydrogen-bond donors (Lipinski definition) is 1.